The minimum absolute atomic E-state index is 0.0368. The van der Waals surface area contributed by atoms with Gasteiger partial charge in [-0.2, -0.15) is 0 Å². The summed E-state index contributed by atoms with van der Waals surface area (Å²) in [7, 11) is 0. The zero-order valence-corrected chi connectivity index (χ0v) is 10.2. The fourth-order valence-electron chi connectivity index (χ4n) is 2.23. The summed E-state index contributed by atoms with van der Waals surface area (Å²) in [6.07, 6.45) is 4.54. The fraction of sp³-hybridized carbons (Fsp3) is 1.00. The molecule has 1 aliphatic heterocycles. The van der Waals surface area contributed by atoms with Crippen LogP contribution in [-0.2, 0) is 0 Å². The normalized spacial score (nSPS) is 19.4. The molecule has 1 fully saturated rings. The van der Waals surface area contributed by atoms with E-state index in [9.17, 15) is 5.11 Å². The number of aliphatic hydroxyl groups is 1. The predicted octanol–water partition coefficient (Wildman–Crippen LogP) is 1.13. The van der Waals surface area contributed by atoms with Crippen molar-refractivity contribution in [3.63, 3.8) is 0 Å². The lowest BCUT2D eigenvalue weighted by Gasteiger charge is -2.34. The van der Waals surface area contributed by atoms with Gasteiger partial charge in [0, 0.05) is 5.54 Å². The second kappa shape index (κ2) is 6.46. The van der Waals surface area contributed by atoms with Crippen LogP contribution < -0.4 is 10.6 Å². The van der Waals surface area contributed by atoms with Gasteiger partial charge in [0.25, 0.3) is 0 Å². The van der Waals surface area contributed by atoms with Crippen LogP contribution in [0.1, 0.15) is 39.5 Å². The molecule has 0 saturated carbocycles. The highest BCUT2D eigenvalue weighted by Gasteiger charge is 2.25. The van der Waals surface area contributed by atoms with Crippen molar-refractivity contribution in [1.29, 1.82) is 0 Å². The molecule has 1 aliphatic rings. The summed E-state index contributed by atoms with van der Waals surface area (Å²) in [6, 6.07) is 0. The Morgan fingerprint density at radius 3 is 2.33 bits per heavy atom. The molecule has 1 saturated heterocycles. The third-order valence-electron chi connectivity index (χ3n) is 3.88. The van der Waals surface area contributed by atoms with Crippen LogP contribution in [0.25, 0.3) is 0 Å². The zero-order chi connectivity index (χ0) is 11.1. The number of aliphatic hydroxyl groups excluding tert-OH is 1. The molecule has 3 N–H and O–H groups in total. The summed E-state index contributed by atoms with van der Waals surface area (Å²) < 4.78 is 0. The van der Waals surface area contributed by atoms with Crippen LogP contribution in [0.2, 0.25) is 0 Å². The summed E-state index contributed by atoms with van der Waals surface area (Å²) in [4.78, 5) is 0. The molecular formula is C12H26N2O. The topological polar surface area (TPSA) is 44.3 Å². The Hall–Kier alpha value is -0.120. The maximum absolute atomic E-state index is 9.43. The maximum atomic E-state index is 9.43. The molecule has 3 heteroatoms. The molecule has 90 valence electrons. The van der Waals surface area contributed by atoms with E-state index in [1.165, 1.54) is 12.8 Å². The van der Waals surface area contributed by atoms with E-state index in [1.807, 2.05) is 0 Å². The minimum atomic E-state index is -0.0368. The van der Waals surface area contributed by atoms with E-state index in [4.69, 9.17) is 0 Å². The van der Waals surface area contributed by atoms with E-state index in [-0.39, 0.29) is 12.1 Å². The fourth-order valence-corrected chi connectivity index (χ4v) is 2.23. The van der Waals surface area contributed by atoms with Crippen molar-refractivity contribution in [2.24, 2.45) is 5.92 Å². The van der Waals surface area contributed by atoms with Crippen molar-refractivity contribution in [3.05, 3.63) is 0 Å². The van der Waals surface area contributed by atoms with Gasteiger partial charge in [-0.05, 0) is 51.2 Å². The van der Waals surface area contributed by atoms with Gasteiger partial charge in [0.15, 0.2) is 0 Å². The second-order valence-electron chi connectivity index (χ2n) is 4.72. The van der Waals surface area contributed by atoms with Crippen LogP contribution >= 0.6 is 0 Å². The average molecular weight is 214 g/mol. The molecule has 0 atom stereocenters. The number of piperidine rings is 1. The molecule has 0 aromatic heterocycles. The highest BCUT2D eigenvalue weighted by atomic mass is 16.3. The number of hydrogen-bond acceptors (Lipinski definition) is 3. The first kappa shape index (κ1) is 12.9. The van der Waals surface area contributed by atoms with E-state index < -0.39 is 0 Å². The Morgan fingerprint density at radius 2 is 1.87 bits per heavy atom. The van der Waals surface area contributed by atoms with Crippen LogP contribution in [0.3, 0.4) is 0 Å². The molecular weight excluding hydrogens is 188 g/mol. The van der Waals surface area contributed by atoms with Gasteiger partial charge in [-0.15, -0.1) is 0 Å². The van der Waals surface area contributed by atoms with E-state index in [2.05, 4.69) is 24.5 Å². The highest BCUT2D eigenvalue weighted by Crippen LogP contribution is 2.17. The summed E-state index contributed by atoms with van der Waals surface area (Å²) in [5.74, 6) is 0.787. The van der Waals surface area contributed by atoms with Gasteiger partial charge in [0.1, 0.15) is 0 Å². The molecule has 0 unspecified atom stereocenters. The Labute approximate surface area is 93.6 Å². The van der Waals surface area contributed by atoms with Crippen molar-refractivity contribution >= 4 is 0 Å². The first-order valence-corrected chi connectivity index (χ1v) is 6.33. The maximum Gasteiger partial charge on any atom is 0.0613 e. The van der Waals surface area contributed by atoms with E-state index >= 15 is 0 Å². The van der Waals surface area contributed by atoms with Crippen LogP contribution in [0.5, 0.6) is 0 Å². The van der Waals surface area contributed by atoms with Crippen molar-refractivity contribution in [2.75, 3.05) is 26.2 Å². The van der Waals surface area contributed by atoms with Crippen LogP contribution in [-0.4, -0.2) is 36.9 Å². The van der Waals surface area contributed by atoms with Crippen LogP contribution in [0.4, 0.5) is 0 Å². The Balaban J connectivity index is 2.31. The van der Waals surface area contributed by atoms with Crippen LogP contribution in [0, 0.1) is 5.92 Å². The first-order chi connectivity index (χ1) is 7.26. The van der Waals surface area contributed by atoms with Crippen molar-refractivity contribution in [2.45, 2.75) is 45.1 Å². The molecule has 3 nitrogen and oxygen atoms in total. The largest absolute Gasteiger partial charge is 0.394 e. The van der Waals surface area contributed by atoms with Gasteiger partial charge >= 0.3 is 0 Å². The lowest BCUT2D eigenvalue weighted by Crippen LogP contribution is -2.50. The molecule has 0 spiro atoms. The third kappa shape index (κ3) is 3.74. The lowest BCUT2D eigenvalue weighted by molar-refractivity contribution is 0.142. The SMILES string of the molecule is CCC(CC)(CO)NCC1CCNCC1. The average Bonchev–Trinajstić information content (AvgIpc) is 2.33. The summed E-state index contributed by atoms with van der Waals surface area (Å²) in [5.41, 5.74) is -0.0368. The molecule has 0 radical (unpaired) electrons. The Kier molecular flexibility index (Phi) is 5.58. The van der Waals surface area contributed by atoms with Gasteiger partial charge in [-0.25, -0.2) is 0 Å². The van der Waals surface area contributed by atoms with Gasteiger partial charge in [-0.3, -0.25) is 0 Å². The minimum Gasteiger partial charge on any atom is -0.394 e. The standard InChI is InChI=1S/C12H26N2O/c1-3-12(4-2,10-15)14-9-11-5-7-13-8-6-11/h11,13-15H,3-10H2,1-2H3. The van der Waals surface area contributed by atoms with E-state index in [1.54, 1.807) is 0 Å². The lowest BCUT2D eigenvalue weighted by atomic mass is 9.91. The summed E-state index contributed by atoms with van der Waals surface area (Å²) in [6.45, 7) is 7.91. The molecule has 1 heterocycles. The zero-order valence-electron chi connectivity index (χ0n) is 10.2. The van der Waals surface area contributed by atoms with Crippen molar-refractivity contribution < 1.29 is 5.11 Å². The third-order valence-corrected chi connectivity index (χ3v) is 3.88. The van der Waals surface area contributed by atoms with Crippen molar-refractivity contribution in [3.8, 4) is 0 Å². The highest BCUT2D eigenvalue weighted by molar-refractivity contribution is 4.86. The van der Waals surface area contributed by atoms with E-state index in [0.717, 1.165) is 38.4 Å². The molecule has 0 aliphatic carbocycles. The second-order valence-corrected chi connectivity index (χ2v) is 4.72. The van der Waals surface area contributed by atoms with Crippen LogP contribution in [0.15, 0.2) is 0 Å². The van der Waals surface area contributed by atoms with Gasteiger partial charge in [0.2, 0.25) is 0 Å². The van der Waals surface area contributed by atoms with Crippen molar-refractivity contribution in [1.82, 2.24) is 10.6 Å². The first-order valence-electron chi connectivity index (χ1n) is 6.33. The number of nitrogens with one attached hydrogen (secondary N) is 2. The summed E-state index contributed by atoms with van der Waals surface area (Å²) >= 11 is 0. The molecule has 0 aromatic rings. The smallest absolute Gasteiger partial charge is 0.0613 e. The predicted molar refractivity (Wildman–Crippen MR) is 64.0 cm³/mol. The van der Waals surface area contributed by atoms with Gasteiger partial charge < -0.3 is 15.7 Å². The quantitative estimate of drug-likeness (QED) is 0.621. The van der Waals surface area contributed by atoms with Gasteiger partial charge in [-0.1, -0.05) is 13.8 Å². The monoisotopic (exact) mass is 214 g/mol. The van der Waals surface area contributed by atoms with E-state index in [0.29, 0.717) is 0 Å². The Bertz CT molecular complexity index is 155. The summed E-state index contributed by atoms with van der Waals surface area (Å²) in [5, 5.41) is 16.4. The molecule has 15 heavy (non-hydrogen) atoms. The van der Waals surface area contributed by atoms with Gasteiger partial charge in [0.05, 0.1) is 6.61 Å². The molecule has 0 bridgehead atoms. The molecule has 0 aromatic carbocycles. The molecule has 1 rings (SSSR count). The molecule has 0 amide bonds. The number of hydrogen-bond donors (Lipinski definition) is 3. The Morgan fingerprint density at radius 1 is 1.27 bits per heavy atom. The number of rotatable bonds is 6.